The van der Waals surface area contributed by atoms with Crippen LogP contribution in [-0.4, -0.2) is 26.9 Å². The third-order valence-electron chi connectivity index (χ3n) is 3.15. The Bertz CT molecular complexity index is 621. The molecule has 0 aliphatic carbocycles. The van der Waals surface area contributed by atoms with Crippen LogP contribution in [0.4, 0.5) is 0 Å². The summed E-state index contributed by atoms with van der Waals surface area (Å²) >= 11 is 6.02. The van der Waals surface area contributed by atoms with Crippen molar-refractivity contribution in [1.82, 2.24) is 14.5 Å². The lowest BCUT2D eigenvalue weighted by Gasteiger charge is -2.24. The van der Waals surface area contributed by atoms with Gasteiger partial charge in [-0.15, -0.1) is 0 Å². The molecule has 0 spiro atoms. The predicted molar refractivity (Wildman–Crippen MR) is 84.2 cm³/mol. The van der Waals surface area contributed by atoms with Crippen LogP contribution in [0.5, 0.6) is 0 Å². The summed E-state index contributed by atoms with van der Waals surface area (Å²) in [6, 6.07) is 7.60. The zero-order valence-corrected chi connectivity index (χ0v) is 13.3. The highest BCUT2D eigenvalue weighted by Crippen LogP contribution is 2.15. The summed E-state index contributed by atoms with van der Waals surface area (Å²) in [5, 5.41) is 0.682. The molecule has 1 amide bonds. The van der Waals surface area contributed by atoms with Gasteiger partial charge in [-0.05, 0) is 23.6 Å². The fourth-order valence-electron chi connectivity index (χ4n) is 2.23. The lowest BCUT2D eigenvalue weighted by atomic mass is 10.1. The van der Waals surface area contributed by atoms with E-state index in [1.807, 2.05) is 36.2 Å². The first kappa shape index (κ1) is 15.6. The van der Waals surface area contributed by atoms with Gasteiger partial charge < -0.3 is 9.47 Å². The molecule has 2 rings (SSSR count). The summed E-state index contributed by atoms with van der Waals surface area (Å²) in [7, 11) is 1.83. The number of hydrogen-bond acceptors (Lipinski definition) is 2. The largest absolute Gasteiger partial charge is 0.331 e. The van der Waals surface area contributed by atoms with Gasteiger partial charge in [-0.25, -0.2) is 4.98 Å². The summed E-state index contributed by atoms with van der Waals surface area (Å²) in [6.45, 7) is 5.40. The predicted octanol–water partition coefficient (Wildman–Crippen LogP) is 3.37. The highest BCUT2D eigenvalue weighted by atomic mass is 35.5. The Balaban J connectivity index is 2.22. The molecule has 0 N–H and O–H groups in total. The fraction of sp³-hybridized carbons (Fsp3) is 0.375. The van der Waals surface area contributed by atoms with E-state index in [0.717, 1.165) is 5.56 Å². The van der Waals surface area contributed by atoms with Gasteiger partial charge in [0.2, 0.25) is 0 Å². The normalized spacial score (nSPS) is 10.9. The van der Waals surface area contributed by atoms with E-state index in [4.69, 9.17) is 11.6 Å². The summed E-state index contributed by atoms with van der Waals surface area (Å²) in [5.74, 6) is 0.780. The van der Waals surface area contributed by atoms with E-state index in [2.05, 4.69) is 18.8 Å². The van der Waals surface area contributed by atoms with Crippen LogP contribution < -0.4 is 0 Å². The minimum absolute atomic E-state index is 0.0591. The second-order valence-corrected chi connectivity index (χ2v) is 6.01. The summed E-state index contributed by atoms with van der Waals surface area (Å²) in [4.78, 5) is 18.6. The number of hydrogen-bond donors (Lipinski definition) is 0. The lowest BCUT2D eigenvalue weighted by Crippen LogP contribution is -2.35. The molecule has 0 atom stereocenters. The number of aromatic nitrogens is 2. The average Bonchev–Trinajstić information content (AvgIpc) is 2.83. The Morgan fingerprint density at radius 3 is 2.76 bits per heavy atom. The number of aryl methyl sites for hydroxylation is 1. The average molecular weight is 306 g/mol. The van der Waals surface area contributed by atoms with E-state index in [1.54, 1.807) is 17.0 Å². The maximum absolute atomic E-state index is 12.7. The van der Waals surface area contributed by atoms with Crippen molar-refractivity contribution in [3.63, 3.8) is 0 Å². The zero-order valence-electron chi connectivity index (χ0n) is 12.6. The van der Waals surface area contributed by atoms with Crippen molar-refractivity contribution in [2.45, 2.75) is 20.4 Å². The van der Waals surface area contributed by atoms with E-state index in [1.165, 1.54) is 0 Å². The lowest BCUT2D eigenvalue weighted by molar-refractivity contribution is 0.0706. The van der Waals surface area contributed by atoms with Gasteiger partial charge in [0.05, 0.1) is 0 Å². The first-order valence-corrected chi connectivity index (χ1v) is 7.36. The zero-order chi connectivity index (χ0) is 15.4. The number of benzene rings is 1. The van der Waals surface area contributed by atoms with Gasteiger partial charge in [-0.3, -0.25) is 4.79 Å². The number of carbonyl (C=O) groups excluding carboxylic acids is 1. The van der Waals surface area contributed by atoms with Gasteiger partial charge in [0, 0.05) is 37.6 Å². The van der Waals surface area contributed by atoms with Gasteiger partial charge in [0.1, 0.15) is 0 Å². The van der Waals surface area contributed by atoms with Crippen molar-refractivity contribution in [2.24, 2.45) is 13.0 Å². The number of nitrogens with zero attached hydrogens (tertiary/aromatic N) is 3. The smallest absolute Gasteiger partial charge is 0.290 e. The third kappa shape index (κ3) is 4.08. The van der Waals surface area contributed by atoms with Crippen LogP contribution in [0.25, 0.3) is 0 Å². The highest BCUT2D eigenvalue weighted by molar-refractivity contribution is 6.30. The van der Waals surface area contributed by atoms with E-state index in [-0.39, 0.29) is 5.91 Å². The van der Waals surface area contributed by atoms with Crippen molar-refractivity contribution in [3.05, 3.63) is 53.1 Å². The van der Waals surface area contributed by atoms with Crippen LogP contribution in [0.3, 0.4) is 0 Å². The molecule has 0 saturated heterocycles. The third-order valence-corrected chi connectivity index (χ3v) is 3.38. The Morgan fingerprint density at radius 1 is 1.43 bits per heavy atom. The van der Waals surface area contributed by atoms with E-state index < -0.39 is 0 Å². The number of amides is 1. The first-order valence-electron chi connectivity index (χ1n) is 6.98. The molecule has 112 valence electrons. The van der Waals surface area contributed by atoms with Crippen LogP contribution in [-0.2, 0) is 13.6 Å². The fourth-order valence-corrected chi connectivity index (χ4v) is 2.44. The monoisotopic (exact) mass is 305 g/mol. The van der Waals surface area contributed by atoms with Crippen LogP contribution in [0.15, 0.2) is 36.7 Å². The minimum Gasteiger partial charge on any atom is -0.331 e. The van der Waals surface area contributed by atoms with E-state index in [9.17, 15) is 4.79 Å². The van der Waals surface area contributed by atoms with Crippen LogP contribution in [0.2, 0.25) is 5.02 Å². The Morgan fingerprint density at radius 2 is 2.19 bits per heavy atom. The quantitative estimate of drug-likeness (QED) is 0.849. The van der Waals surface area contributed by atoms with Gasteiger partial charge in [0.25, 0.3) is 5.91 Å². The van der Waals surface area contributed by atoms with Crippen molar-refractivity contribution < 1.29 is 4.79 Å². The molecule has 0 fully saturated rings. The minimum atomic E-state index is -0.0591. The van der Waals surface area contributed by atoms with Crippen LogP contribution in [0, 0.1) is 5.92 Å². The van der Waals surface area contributed by atoms with Crippen molar-refractivity contribution in [1.29, 1.82) is 0 Å². The number of rotatable bonds is 5. The molecule has 1 aromatic carbocycles. The molecule has 0 saturated carbocycles. The maximum atomic E-state index is 12.7. The SMILES string of the molecule is CC(C)CN(Cc1cccc(Cl)c1)C(=O)c1nccn1C. The van der Waals surface area contributed by atoms with Crippen molar-refractivity contribution >= 4 is 17.5 Å². The van der Waals surface area contributed by atoms with Crippen molar-refractivity contribution in [3.8, 4) is 0 Å². The van der Waals surface area contributed by atoms with Gasteiger partial charge in [-0.1, -0.05) is 37.6 Å². The molecular weight excluding hydrogens is 286 g/mol. The first-order chi connectivity index (χ1) is 9.97. The van der Waals surface area contributed by atoms with Gasteiger partial charge in [0.15, 0.2) is 5.82 Å². The summed E-state index contributed by atoms with van der Waals surface area (Å²) < 4.78 is 1.74. The number of halogens is 1. The van der Waals surface area contributed by atoms with Gasteiger partial charge >= 0.3 is 0 Å². The van der Waals surface area contributed by atoms with Crippen LogP contribution >= 0.6 is 11.6 Å². The Kier molecular flexibility index (Phi) is 5.02. The molecule has 4 nitrogen and oxygen atoms in total. The van der Waals surface area contributed by atoms with Crippen molar-refractivity contribution in [2.75, 3.05) is 6.54 Å². The number of carbonyl (C=O) groups is 1. The standard InChI is InChI=1S/C16H20ClN3O/c1-12(2)10-20(11-13-5-4-6-14(17)9-13)16(21)15-18-7-8-19(15)3/h4-9,12H,10-11H2,1-3H3. The molecule has 0 unspecified atom stereocenters. The molecule has 0 radical (unpaired) electrons. The second-order valence-electron chi connectivity index (χ2n) is 5.57. The topological polar surface area (TPSA) is 38.1 Å². The number of imidazole rings is 1. The molecule has 0 aliphatic rings. The molecule has 0 bridgehead atoms. The van der Waals surface area contributed by atoms with E-state index >= 15 is 0 Å². The molecular formula is C16H20ClN3O. The Hall–Kier alpha value is -1.81. The molecule has 21 heavy (non-hydrogen) atoms. The maximum Gasteiger partial charge on any atom is 0.290 e. The molecule has 2 aromatic rings. The highest BCUT2D eigenvalue weighted by Gasteiger charge is 2.20. The second kappa shape index (κ2) is 6.76. The van der Waals surface area contributed by atoms with Gasteiger partial charge in [-0.2, -0.15) is 0 Å². The summed E-state index contributed by atoms with van der Waals surface area (Å²) in [6.07, 6.45) is 3.42. The summed E-state index contributed by atoms with van der Waals surface area (Å²) in [5.41, 5.74) is 1.02. The molecule has 0 aliphatic heterocycles. The Labute approximate surface area is 130 Å². The molecule has 1 heterocycles. The van der Waals surface area contributed by atoms with E-state index in [0.29, 0.717) is 29.9 Å². The van der Waals surface area contributed by atoms with Crippen LogP contribution in [0.1, 0.15) is 30.0 Å². The molecule has 5 heteroatoms. The molecule has 1 aromatic heterocycles.